The summed E-state index contributed by atoms with van der Waals surface area (Å²) < 4.78 is 10.3. The molecule has 1 N–H and O–H groups in total. The standard InChI is InChI=1S/C20H18O7/c1-2-11(9-21)10-26-17(23)8-15(22)16-7-14-18(24)12-5-3-4-6-13(12)19(25)20(14)27-16/h3-7,11,21H,2,8-10H2,1H3. The van der Waals surface area contributed by atoms with Gasteiger partial charge in [-0.15, -0.1) is 0 Å². The summed E-state index contributed by atoms with van der Waals surface area (Å²) in [6.07, 6.45) is 0.0526. The third-order valence-corrected chi connectivity index (χ3v) is 4.49. The lowest BCUT2D eigenvalue weighted by molar-refractivity contribution is -0.144. The van der Waals surface area contributed by atoms with Crippen LogP contribution < -0.4 is 0 Å². The van der Waals surface area contributed by atoms with Crippen molar-refractivity contribution < 1.29 is 33.4 Å². The molecule has 0 amide bonds. The van der Waals surface area contributed by atoms with E-state index in [9.17, 15) is 19.2 Å². The minimum atomic E-state index is -0.762. The van der Waals surface area contributed by atoms with Crippen LogP contribution in [-0.4, -0.2) is 41.6 Å². The van der Waals surface area contributed by atoms with Crippen molar-refractivity contribution in [3.8, 4) is 0 Å². The SMILES string of the molecule is CCC(CO)COC(=O)CC(=O)c1cc2c(o1)C(=O)c1ccccc1C2=O. The molecule has 0 aliphatic heterocycles. The first-order valence-electron chi connectivity index (χ1n) is 8.58. The van der Waals surface area contributed by atoms with Crippen molar-refractivity contribution in [3.05, 3.63) is 58.5 Å². The molecule has 1 heterocycles. The average molecular weight is 370 g/mol. The van der Waals surface area contributed by atoms with Gasteiger partial charge < -0.3 is 14.3 Å². The minimum absolute atomic E-state index is 0.0139. The number of hydrogen-bond acceptors (Lipinski definition) is 7. The van der Waals surface area contributed by atoms with Crippen LogP contribution in [0.1, 0.15) is 62.4 Å². The molecule has 0 spiro atoms. The van der Waals surface area contributed by atoms with E-state index in [0.29, 0.717) is 6.42 Å². The molecule has 1 atom stereocenters. The number of furan rings is 1. The number of aliphatic hydroxyl groups excluding tert-OH is 1. The van der Waals surface area contributed by atoms with Gasteiger partial charge in [0.15, 0.2) is 17.3 Å². The van der Waals surface area contributed by atoms with E-state index in [-0.39, 0.29) is 47.3 Å². The maximum absolute atomic E-state index is 12.5. The number of Topliss-reactive ketones (excluding diaryl/α,β-unsaturated/α-hetero) is 1. The van der Waals surface area contributed by atoms with Gasteiger partial charge in [0.05, 0.1) is 12.2 Å². The number of ketones is 3. The highest BCUT2D eigenvalue weighted by Crippen LogP contribution is 2.30. The number of carbonyl (C=O) groups excluding carboxylic acids is 4. The number of benzene rings is 1. The number of rotatable bonds is 7. The van der Waals surface area contributed by atoms with E-state index in [0.717, 1.165) is 0 Å². The Morgan fingerprint density at radius 3 is 2.41 bits per heavy atom. The van der Waals surface area contributed by atoms with Crippen LogP contribution in [0.15, 0.2) is 34.7 Å². The van der Waals surface area contributed by atoms with Crippen LogP contribution in [0.25, 0.3) is 0 Å². The van der Waals surface area contributed by atoms with Gasteiger partial charge in [0.1, 0.15) is 6.42 Å². The Balaban J connectivity index is 1.74. The summed E-state index contributed by atoms with van der Waals surface area (Å²) in [4.78, 5) is 49.1. The van der Waals surface area contributed by atoms with Crippen LogP contribution in [0.5, 0.6) is 0 Å². The number of carbonyl (C=O) groups is 4. The largest absolute Gasteiger partial charge is 0.465 e. The molecular formula is C20H18O7. The smallest absolute Gasteiger partial charge is 0.313 e. The average Bonchev–Trinajstić information content (AvgIpc) is 3.13. The summed E-state index contributed by atoms with van der Waals surface area (Å²) in [5.41, 5.74) is 0.489. The Kier molecular flexibility index (Phi) is 5.32. The third-order valence-electron chi connectivity index (χ3n) is 4.49. The molecular weight excluding hydrogens is 352 g/mol. The van der Waals surface area contributed by atoms with Gasteiger partial charge in [0, 0.05) is 23.7 Å². The molecule has 0 saturated carbocycles. The van der Waals surface area contributed by atoms with Gasteiger partial charge in [-0.25, -0.2) is 0 Å². The van der Waals surface area contributed by atoms with Crippen molar-refractivity contribution in [2.75, 3.05) is 13.2 Å². The molecule has 27 heavy (non-hydrogen) atoms. The molecule has 7 heteroatoms. The third kappa shape index (κ3) is 3.59. The highest BCUT2D eigenvalue weighted by atomic mass is 16.5. The second-order valence-corrected chi connectivity index (χ2v) is 6.30. The Morgan fingerprint density at radius 2 is 1.78 bits per heavy atom. The van der Waals surface area contributed by atoms with Gasteiger partial charge >= 0.3 is 5.97 Å². The number of esters is 1. The van der Waals surface area contributed by atoms with E-state index < -0.39 is 29.7 Å². The van der Waals surface area contributed by atoms with Crippen LogP contribution >= 0.6 is 0 Å². The maximum atomic E-state index is 12.5. The lowest BCUT2D eigenvalue weighted by Crippen LogP contribution is -2.18. The maximum Gasteiger partial charge on any atom is 0.313 e. The van der Waals surface area contributed by atoms with Crippen LogP contribution in [0.3, 0.4) is 0 Å². The molecule has 2 aromatic rings. The van der Waals surface area contributed by atoms with Crippen LogP contribution in [0, 0.1) is 5.92 Å². The summed E-state index contributed by atoms with van der Waals surface area (Å²) in [7, 11) is 0. The Bertz CT molecular complexity index is 866. The first-order valence-corrected chi connectivity index (χ1v) is 8.58. The fraction of sp³-hybridized carbons (Fsp3) is 0.300. The molecule has 0 radical (unpaired) electrons. The van der Waals surface area contributed by atoms with Crippen molar-refractivity contribution in [1.29, 1.82) is 0 Å². The molecule has 140 valence electrons. The number of hydrogen-bond donors (Lipinski definition) is 1. The molecule has 3 rings (SSSR count). The normalized spacial score (nSPS) is 13.7. The summed E-state index contributed by atoms with van der Waals surface area (Å²) >= 11 is 0. The van der Waals surface area contributed by atoms with E-state index in [1.807, 2.05) is 6.92 Å². The van der Waals surface area contributed by atoms with Crippen molar-refractivity contribution in [1.82, 2.24) is 0 Å². The molecule has 1 aliphatic rings. The number of aliphatic hydroxyl groups is 1. The summed E-state index contributed by atoms with van der Waals surface area (Å²) in [6, 6.07) is 7.54. The van der Waals surface area contributed by atoms with Crippen LogP contribution in [0.4, 0.5) is 0 Å². The molecule has 1 aromatic carbocycles. The second kappa shape index (κ2) is 7.67. The quantitative estimate of drug-likeness (QED) is 0.385. The minimum Gasteiger partial charge on any atom is -0.465 e. The van der Waals surface area contributed by atoms with Crippen molar-refractivity contribution >= 4 is 23.3 Å². The van der Waals surface area contributed by atoms with Crippen molar-refractivity contribution in [2.45, 2.75) is 19.8 Å². The van der Waals surface area contributed by atoms with Gasteiger partial charge in [-0.1, -0.05) is 31.2 Å². The molecule has 1 unspecified atom stereocenters. The zero-order valence-electron chi connectivity index (χ0n) is 14.7. The summed E-state index contributed by atoms with van der Waals surface area (Å²) in [5.74, 6) is -2.94. The second-order valence-electron chi connectivity index (χ2n) is 6.30. The summed E-state index contributed by atoms with van der Waals surface area (Å²) in [6.45, 7) is 1.74. The van der Waals surface area contributed by atoms with Gasteiger partial charge in [0.2, 0.25) is 11.6 Å². The molecule has 1 aromatic heterocycles. The first kappa shape index (κ1) is 18.7. The Labute approximate surface area is 154 Å². The summed E-state index contributed by atoms with van der Waals surface area (Å²) in [5, 5.41) is 9.08. The molecule has 0 bridgehead atoms. The van der Waals surface area contributed by atoms with Gasteiger partial charge in [-0.05, 0) is 12.5 Å². The van der Waals surface area contributed by atoms with Gasteiger partial charge in [-0.2, -0.15) is 0 Å². The van der Waals surface area contributed by atoms with E-state index in [2.05, 4.69) is 0 Å². The predicted octanol–water partition coefficient (Wildman–Crippen LogP) is 2.19. The lowest BCUT2D eigenvalue weighted by Gasteiger charge is -2.11. The van der Waals surface area contributed by atoms with Gasteiger partial charge in [0.25, 0.3) is 0 Å². The topological polar surface area (TPSA) is 111 Å². The van der Waals surface area contributed by atoms with Crippen LogP contribution in [0.2, 0.25) is 0 Å². The fourth-order valence-corrected chi connectivity index (χ4v) is 2.79. The van der Waals surface area contributed by atoms with E-state index in [1.165, 1.54) is 18.2 Å². The van der Waals surface area contributed by atoms with E-state index >= 15 is 0 Å². The highest BCUT2D eigenvalue weighted by Gasteiger charge is 2.34. The van der Waals surface area contributed by atoms with E-state index in [1.54, 1.807) is 12.1 Å². The zero-order valence-corrected chi connectivity index (χ0v) is 14.7. The molecule has 0 saturated heterocycles. The number of ether oxygens (including phenoxy) is 1. The van der Waals surface area contributed by atoms with Crippen LogP contribution in [-0.2, 0) is 9.53 Å². The van der Waals surface area contributed by atoms with E-state index in [4.69, 9.17) is 14.3 Å². The number of fused-ring (bicyclic) bond motifs is 2. The molecule has 1 aliphatic carbocycles. The Hall–Kier alpha value is -3.06. The Morgan fingerprint density at radius 1 is 1.11 bits per heavy atom. The fourth-order valence-electron chi connectivity index (χ4n) is 2.79. The first-order chi connectivity index (χ1) is 13.0. The molecule has 0 fully saturated rings. The van der Waals surface area contributed by atoms with Crippen molar-refractivity contribution in [3.63, 3.8) is 0 Å². The zero-order chi connectivity index (χ0) is 19.6. The molecule has 7 nitrogen and oxygen atoms in total. The monoisotopic (exact) mass is 370 g/mol. The lowest BCUT2D eigenvalue weighted by atomic mass is 9.88. The predicted molar refractivity (Wildman–Crippen MR) is 92.8 cm³/mol. The van der Waals surface area contributed by atoms with Crippen molar-refractivity contribution in [2.24, 2.45) is 5.92 Å². The van der Waals surface area contributed by atoms with Gasteiger partial charge in [-0.3, -0.25) is 19.2 Å². The highest BCUT2D eigenvalue weighted by molar-refractivity contribution is 6.28.